The first-order valence-corrected chi connectivity index (χ1v) is 13.7. The van der Waals surface area contributed by atoms with Crippen LogP contribution in [-0.2, 0) is 5.41 Å². The Morgan fingerprint density at radius 3 is 1.41 bits per heavy atom. The highest BCUT2D eigenvalue weighted by Crippen LogP contribution is 2.54. The van der Waals surface area contributed by atoms with E-state index in [1.807, 2.05) is 48.5 Å². The molecule has 4 rings (SSSR count). The van der Waals surface area contributed by atoms with Gasteiger partial charge in [0.25, 0.3) is 0 Å². The van der Waals surface area contributed by atoms with Crippen LogP contribution in [0.25, 0.3) is 11.1 Å². The quantitative estimate of drug-likeness (QED) is 0.360. The van der Waals surface area contributed by atoms with E-state index in [1.165, 1.54) is 0 Å². The average Bonchev–Trinajstić information content (AvgIpc) is 3.33. The molecule has 0 spiro atoms. The lowest BCUT2D eigenvalue weighted by Crippen LogP contribution is -2.22. The van der Waals surface area contributed by atoms with Gasteiger partial charge in [-0.3, -0.25) is 0 Å². The Hall–Kier alpha value is -7.29. The molecule has 1 unspecified atom stereocenters. The summed E-state index contributed by atoms with van der Waals surface area (Å²) in [5, 5.41) is 0.679. The number of methoxy groups -OCH3 is 1. The number of ether oxygens (including phenoxy) is 2. The fraction of sp³-hybridized carbons (Fsp3) is 0.0698. The first-order chi connectivity index (χ1) is 22.6. The van der Waals surface area contributed by atoms with Gasteiger partial charge in [0, 0.05) is 81.5 Å². The lowest BCUT2D eigenvalue weighted by molar-refractivity contribution is 0.414. The normalized spacial score (nSPS) is 11.4. The SMILES string of the molecule is C#CC#CC#CC#CC#CC#CC#CC#CC#CC#CC#COc1ccc2c(c1)C(C)(c1ccc(Cl)cc1)c1cc(OC)ccc1-2. The van der Waals surface area contributed by atoms with Crippen LogP contribution in [0.15, 0.2) is 60.7 Å². The molecule has 0 amide bonds. The van der Waals surface area contributed by atoms with E-state index in [0.29, 0.717) is 10.8 Å². The van der Waals surface area contributed by atoms with Gasteiger partial charge in [0.15, 0.2) is 0 Å². The molecular weight excluding hydrogens is 584 g/mol. The Morgan fingerprint density at radius 1 is 0.543 bits per heavy atom. The summed E-state index contributed by atoms with van der Waals surface area (Å²) in [6.07, 6.45) is 7.58. The third-order valence-electron chi connectivity index (χ3n) is 6.42. The largest absolute Gasteiger partial charge is 0.497 e. The van der Waals surface area contributed by atoms with Crippen molar-refractivity contribution in [3.05, 3.63) is 82.4 Å². The summed E-state index contributed by atoms with van der Waals surface area (Å²) in [5.41, 5.74) is 5.13. The Balaban J connectivity index is 1.39. The fourth-order valence-corrected chi connectivity index (χ4v) is 4.58. The zero-order valence-electron chi connectivity index (χ0n) is 24.5. The molecule has 2 nitrogen and oxygen atoms in total. The fourth-order valence-electron chi connectivity index (χ4n) is 4.45. The third kappa shape index (κ3) is 8.17. The van der Waals surface area contributed by atoms with E-state index >= 15 is 0 Å². The van der Waals surface area contributed by atoms with Crippen LogP contribution in [0.2, 0.25) is 5.02 Å². The number of benzene rings is 3. The maximum atomic E-state index is 6.20. The molecular formula is C43H17ClO2. The van der Waals surface area contributed by atoms with Gasteiger partial charge < -0.3 is 9.47 Å². The van der Waals surface area contributed by atoms with Crippen LogP contribution in [0.5, 0.6) is 11.5 Å². The van der Waals surface area contributed by atoms with Crippen molar-refractivity contribution < 1.29 is 9.47 Å². The van der Waals surface area contributed by atoms with Crippen molar-refractivity contribution in [2.45, 2.75) is 12.3 Å². The first kappa shape index (κ1) is 31.6. The van der Waals surface area contributed by atoms with Gasteiger partial charge in [0.2, 0.25) is 0 Å². The summed E-state index contributed by atoms with van der Waals surface area (Å²) < 4.78 is 11.3. The first-order valence-electron chi connectivity index (χ1n) is 13.3. The van der Waals surface area contributed by atoms with Crippen LogP contribution in [0, 0.1) is 131 Å². The second-order valence-corrected chi connectivity index (χ2v) is 9.41. The molecule has 0 bridgehead atoms. The van der Waals surface area contributed by atoms with E-state index < -0.39 is 5.41 Å². The summed E-state index contributed by atoms with van der Waals surface area (Å²) >= 11 is 6.20. The minimum Gasteiger partial charge on any atom is -0.497 e. The van der Waals surface area contributed by atoms with Gasteiger partial charge in [-0.25, -0.2) is 0 Å². The van der Waals surface area contributed by atoms with E-state index in [4.69, 9.17) is 27.5 Å². The molecule has 0 heterocycles. The highest BCUT2D eigenvalue weighted by atomic mass is 35.5. The molecule has 0 aromatic heterocycles. The second kappa shape index (κ2) is 16.4. The summed E-state index contributed by atoms with van der Waals surface area (Å²) in [7, 11) is 1.67. The summed E-state index contributed by atoms with van der Waals surface area (Å²) in [6.45, 7) is 2.19. The van der Waals surface area contributed by atoms with Crippen molar-refractivity contribution in [3.63, 3.8) is 0 Å². The zero-order valence-corrected chi connectivity index (χ0v) is 25.3. The van der Waals surface area contributed by atoms with Crippen molar-refractivity contribution in [2.75, 3.05) is 7.11 Å². The number of terminal acetylenes is 1. The molecule has 208 valence electrons. The van der Waals surface area contributed by atoms with E-state index in [2.05, 4.69) is 144 Å². The van der Waals surface area contributed by atoms with Crippen molar-refractivity contribution in [1.82, 2.24) is 0 Å². The Morgan fingerprint density at radius 2 is 0.957 bits per heavy atom. The molecule has 0 fully saturated rings. The molecule has 3 heteroatoms. The predicted molar refractivity (Wildman–Crippen MR) is 183 cm³/mol. The Labute approximate surface area is 275 Å². The maximum Gasteiger partial charge on any atom is 0.140 e. The molecule has 1 atom stereocenters. The van der Waals surface area contributed by atoms with Gasteiger partial charge in [0.05, 0.1) is 7.11 Å². The summed E-state index contributed by atoms with van der Waals surface area (Å²) in [4.78, 5) is 0. The van der Waals surface area contributed by atoms with Crippen LogP contribution in [0.3, 0.4) is 0 Å². The van der Waals surface area contributed by atoms with Gasteiger partial charge in [-0.2, -0.15) is 0 Å². The van der Waals surface area contributed by atoms with E-state index in [1.54, 1.807) is 7.11 Å². The van der Waals surface area contributed by atoms with Gasteiger partial charge in [0.1, 0.15) is 17.6 Å². The Bertz CT molecular complexity index is 2410. The highest BCUT2D eigenvalue weighted by Gasteiger charge is 2.41. The van der Waals surface area contributed by atoms with E-state index in [-0.39, 0.29) is 0 Å². The van der Waals surface area contributed by atoms with Gasteiger partial charge in [-0.1, -0.05) is 35.9 Å². The number of hydrogen-bond donors (Lipinski definition) is 0. The number of rotatable bonds is 3. The standard InChI is InChI=1S/C43H17ClO2/c1-4-5-6-7-8-9-10-11-12-13-14-15-16-17-18-19-20-21-22-23-32-46-38-29-31-40-39-30-28-37(45-3)33-41(39)43(2,42(40)34-38)35-24-26-36(44)27-25-35/h1,24-31,33-34H,2-3H3. The minimum atomic E-state index is -0.456. The van der Waals surface area contributed by atoms with Crippen LogP contribution < -0.4 is 9.47 Å². The number of halogens is 1. The number of fused-ring (bicyclic) bond motifs is 3. The molecule has 0 radical (unpaired) electrons. The van der Waals surface area contributed by atoms with E-state index in [9.17, 15) is 0 Å². The molecule has 3 aromatic rings. The van der Waals surface area contributed by atoms with Crippen molar-refractivity contribution in [3.8, 4) is 154 Å². The van der Waals surface area contributed by atoms with Crippen molar-refractivity contribution >= 4 is 11.6 Å². The molecule has 0 aliphatic heterocycles. The van der Waals surface area contributed by atoms with Crippen LogP contribution in [0.1, 0.15) is 23.6 Å². The van der Waals surface area contributed by atoms with Crippen LogP contribution >= 0.6 is 11.6 Å². The van der Waals surface area contributed by atoms with Gasteiger partial charge in [-0.15, -0.1) is 6.42 Å². The second-order valence-electron chi connectivity index (χ2n) is 8.97. The lowest BCUT2D eigenvalue weighted by atomic mass is 9.74. The van der Waals surface area contributed by atoms with Crippen LogP contribution in [-0.4, -0.2) is 7.11 Å². The topological polar surface area (TPSA) is 18.5 Å². The lowest BCUT2D eigenvalue weighted by Gasteiger charge is -2.28. The van der Waals surface area contributed by atoms with Crippen molar-refractivity contribution in [2.24, 2.45) is 0 Å². The average molecular weight is 601 g/mol. The van der Waals surface area contributed by atoms with Crippen LogP contribution in [0.4, 0.5) is 0 Å². The smallest absolute Gasteiger partial charge is 0.140 e. The molecule has 46 heavy (non-hydrogen) atoms. The van der Waals surface area contributed by atoms with E-state index in [0.717, 1.165) is 33.6 Å². The molecule has 1 aliphatic rings. The highest BCUT2D eigenvalue weighted by molar-refractivity contribution is 6.30. The molecule has 3 aromatic carbocycles. The predicted octanol–water partition coefficient (Wildman–Crippen LogP) is 5.69. The molecule has 0 N–H and O–H groups in total. The molecule has 0 saturated heterocycles. The molecule has 0 saturated carbocycles. The number of hydrogen-bond acceptors (Lipinski definition) is 2. The van der Waals surface area contributed by atoms with Gasteiger partial charge in [-0.05, 0) is 119 Å². The zero-order chi connectivity index (χ0) is 32.5. The summed E-state index contributed by atoms with van der Waals surface area (Å²) in [6, 6.07) is 20.0. The monoisotopic (exact) mass is 600 g/mol. The van der Waals surface area contributed by atoms with Crippen molar-refractivity contribution in [1.29, 1.82) is 0 Å². The summed E-state index contributed by atoms with van der Waals surface area (Å²) in [5.74, 6) is 51.5. The minimum absolute atomic E-state index is 0.456. The Kier molecular flexibility index (Phi) is 11.3. The van der Waals surface area contributed by atoms with Gasteiger partial charge >= 0.3 is 0 Å². The molecule has 1 aliphatic carbocycles. The maximum absolute atomic E-state index is 6.20. The third-order valence-corrected chi connectivity index (χ3v) is 6.68.